The summed E-state index contributed by atoms with van der Waals surface area (Å²) in [7, 11) is 0. The highest BCUT2D eigenvalue weighted by Gasteiger charge is 2.42. The molecule has 8 heteroatoms. The van der Waals surface area contributed by atoms with Crippen LogP contribution in [0.15, 0.2) is 0 Å². The molecular weight excluding hydrogens is 344 g/mol. The Morgan fingerprint density at radius 3 is 2.00 bits per heavy atom. The van der Waals surface area contributed by atoms with Crippen LogP contribution in [0.25, 0.3) is 0 Å². The van der Waals surface area contributed by atoms with Gasteiger partial charge in [-0.2, -0.15) is 25.3 Å². The maximum absolute atomic E-state index is 11.3. The van der Waals surface area contributed by atoms with Crippen LogP contribution >= 0.6 is 37.9 Å². The minimum absolute atomic E-state index is 0.0263. The number of carbonyl (C=O) groups excluding carboxylic acids is 2. The lowest BCUT2D eigenvalue weighted by Gasteiger charge is -2.43. The van der Waals surface area contributed by atoms with Crippen LogP contribution < -0.4 is 0 Å². The van der Waals surface area contributed by atoms with Crippen molar-refractivity contribution in [3.63, 3.8) is 0 Å². The number of hydrogen-bond acceptors (Lipinski definition) is 7. The Morgan fingerprint density at radius 2 is 1.55 bits per heavy atom. The van der Waals surface area contributed by atoms with E-state index in [4.69, 9.17) is 14.2 Å². The third kappa shape index (κ3) is 7.99. The molecule has 0 bridgehead atoms. The first-order valence-electron chi connectivity index (χ1n) is 6.87. The fourth-order valence-corrected chi connectivity index (χ4v) is 2.74. The van der Waals surface area contributed by atoms with Gasteiger partial charge in [-0.15, -0.1) is 0 Å². The Morgan fingerprint density at radius 1 is 1.00 bits per heavy atom. The average Bonchev–Trinajstić information content (AvgIpc) is 2.41. The third-order valence-electron chi connectivity index (χ3n) is 3.56. The standard InChI is InChI=1S/C14H26O5S3/c1-13(2,7-17-9-21)10(5-18-12(16)22)14(3,4)8-19-11(15)6-20/h10,20-21H,5-9H2,1-4H3,(H,16,22). The Kier molecular flexibility index (Phi) is 9.93. The Labute approximate surface area is 149 Å². The van der Waals surface area contributed by atoms with E-state index in [0.29, 0.717) is 12.5 Å². The van der Waals surface area contributed by atoms with Crippen molar-refractivity contribution in [2.24, 2.45) is 16.7 Å². The highest BCUT2D eigenvalue weighted by Crippen LogP contribution is 2.41. The molecule has 0 saturated carbocycles. The maximum Gasteiger partial charge on any atom is 0.364 e. The lowest BCUT2D eigenvalue weighted by molar-refractivity contribution is -0.147. The highest BCUT2D eigenvalue weighted by molar-refractivity contribution is 7.96. The minimum atomic E-state index is -0.640. The molecule has 0 aliphatic carbocycles. The van der Waals surface area contributed by atoms with Gasteiger partial charge in [0.2, 0.25) is 0 Å². The summed E-state index contributed by atoms with van der Waals surface area (Å²) >= 11 is 11.6. The van der Waals surface area contributed by atoms with Crippen LogP contribution in [0.4, 0.5) is 4.79 Å². The van der Waals surface area contributed by atoms with Gasteiger partial charge in [-0.25, -0.2) is 4.79 Å². The summed E-state index contributed by atoms with van der Waals surface area (Å²) in [5, 5.41) is -0.640. The van der Waals surface area contributed by atoms with E-state index < -0.39 is 10.7 Å². The lowest BCUT2D eigenvalue weighted by atomic mass is 9.65. The van der Waals surface area contributed by atoms with Gasteiger partial charge in [-0.3, -0.25) is 4.79 Å². The van der Waals surface area contributed by atoms with Gasteiger partial charge in [0.1, 0.15) is 0 Å². The predicted octanol–water partition coefficient (Wildman–Crippen LogP) is 3.10. The molecule has 0 saturated heterocycles. The van der Waals surface area contributed by atoms with Crippen LogP contribution in [0, 0.1) is 16.7 Å². The van der Waals surface area contributed by atoms with Crippen molar-refractivity contribution in [3.8, 4) is 0 Å². The van der Waals surface area contributed by atoms with Crippen LogP contribution in [0.5, 0.6) is 0 Å². The molecule has 1 atom stereocenters. The summed E-state index contributed by atoms with van der Waals surface area (Å²) < 4.78 is 15.7. The second-order valence-electron chi connectivity index (χ2n) is 6.40. The smallest absolute Gasteiger partial charge is 0.364 e. The van der Waals surface area contributed by atoms with Gasteiger partial charge in [0.05, 0.1) is 31.5 Å². The molecule has 1 unspecified atom stereocenters. The monoisotopic (exact) mass is 370 g/mol. The van der Waals surface area contributed by atoms with E-state index in [1.165, 1.54) is 0 Å². The summed E-state index contributed by atoms with van der Waals surface area (Å²) in [6.07, 6.45) is 0. The lowest BCUT2D eigenvalue weighted by Crippen LogP contribution is -2.45. The molecule has 0 aliphatic heterocycles. The predicted molar refractivity (Wildman–Crippen MR) is 96.0 cm³/mol. The first-order chi connectivity index (χ1) is 10.1. The molecule has 0 amide bonds. The van der Waals surface area contributed by atoms with Crippen molar-refractivity contribution in [2.75, 3.05) is 31.5 Å². The second kappa shape index (κ2) is 9.95. The van der Waals surface area contributed by atoms with Crippen molar-refractivity contribution in [3.05, 3.63) is 0 Å². The molecule has 0 fully saturated rings. The normalized spacial score (nSPS) is 13.6. The molecule has 0 aromatic rings. The quantitative estimate of drug-likeness (QED) is 0.313. The number of esters is 1. The Hall–Kier alpha value is -0.0500. The van der Waals surface area contributed by atoms with Gasteiger partial charge in [0, 0.05) is 11.3 Å². The van der Waals surface area contributed by atoms with Crippen LogP contribution in [0.1, 0.15) is 27.7 Å². The summed E-state index contributed by atoms with van der Waals surface area (Å²) in [5.74, 6) is -0.162. The molecular formula is C14H26O5S3. The Balaban J connectivity index is 5.09. The van der Waals surface area contributed by atoms with E-state index in [-0.39, 0.29) is 36.3 Å². The zero-order chi connectivity index (χ0) is 17.4. The van der Waals surface area contributed by atoms with Crippen molar-refractivity contribution < 1.29 is 23.8 Å². The fourth-order valence-electron chi connectivity index (χ4n) is 2.49. The zero-order valence-electron chi connectivity index (χ0n) is 13.5. The summed E-state index contributed by atoms with van der Waals surface area (Å²) in [4.78, 5) is 22.4. The van der Waals surface area contributed by atoms with Gasteiger partial charge in [-0.05, 0) is 5.41 Å². The molecule has 130 valence electrons. The molecule has 0 rings (SSSR count). The number of rotatable bonds is 10. The van der Waals surface area contributed by atoms with Gasteiger partial charge in [-0.1, -0.05) is 40.3 Å². The summed E-state index contributed by atoms with van der Waals surface area (Å²) in [5.41, 5.74) is -0.742. The van der Waals surface area contributed by atoms with Crippen LogP contribution in [-0.4, -0.2) is 42.8 Å². The number of hydrogen-bond donors (Lipinski definition) is 3. The molecule has 0 aliphatic rings. The maximum atomic E-state index is 11.3. The van der Waals surface area contributed by atoms with Crippen molar-refractivity contribution in [1.29, 1.82) is 0 Å². The van der Waals surface area contributed by atoms with Crippen molar-refractivity contribution in [1.82, 2.24) is 0 Å². The molecule has 0 spiro atoms. The van der Waals surface area contributed by atoms with E-state index in [1.807, 2.05) is 27.7 Å². The van der Waals surface area contributed by atoms with Crippen LogP contribution in [-0.2, 0) is 19.0 Å². The van der Waals surface area contributed by atoms with E-state index in [9.17, 15) is 9.59 Å². The van der Waals surface area contributed by atoms with E-state index in [1.54, 1.807) is 0 Å². The Bertz CT molecular complexity index is 371. The molecule has 0 N–H and O–H groups in total. The zero-order valence-corrected chi connectivity index (χ0v) is 16.2. The van der Waals surface area contributed by atoms with Gasteiger partial charge in [0.25, 0.3) is 0 Å². The number of ether oxygens (including phenoxy) is 3. The molecule has 0 heterocycles. The summed E-state index contributed by atoms with van der Waals surface area (Å²) in [6.45, 7) is 8.74. The van der Waals surface area contributed by atoms with E-state index >= 15 is 0 Å². The first-order valence-corrected chi connectivity index (χ1v) is 8.59. The molecule has 5 nitrogen and oxygen atoms in total. The summed E-state index contributed by atoms with van der Waals surface area (Å²) in [6, 6.07) is 0. The first kappa shape index (κ1) is 21.9. The van der Waals surface area contributed by atoms with E-state index in [0.717, 1.165) is 0 Å². The van der Waals surface area contributed by atoms with Crippen molar-refractivity contribution in [2.45, 2.75) is 27.7 Å². The van der Waals surface area contributed by atoms with Crippen LogP contribution in [0.3, 0.4) is 0 Å². The second-order valence-corrected chi connectivity index (χ2v) is 7.34. The number of thiol groups is 3. The molecule has 0 aromatic heterocycles. The average molecular weight is 371 g/mol. The van der Waals surface area contributed by atoms with Gasteiger partial charge >= 0.3 is 11.3 Å². The van der Waals surface area contributed by atoms with Crippen molar-refractivity contribution >= 4 is 49.2 Å². The third-order valence-corrected chi connectivity index (χ3v) is 4.13. The topological polar surface area (TPSA) is 61.8 Å². The molecule has 0 aromatic carbocycles. The largest absolute Gasteiger partial charge is 0.464 e. The minimum Gasteiger partial charge on any atom is -0.464 e. The van der Waals surface area contributed by atoms with E-state index in [2.05, 4.69) is 37.9 Å². The molecule has 0 radical (unpaired) electrons. The fraction of sp³-hybridized carbons (Fsp3) is 0.857. The van der Waals surface area contributed by atoms with Gasteiger partial charge in [0.15, 0.2) is 0 Å². The SMILES string of the molecule is CC(C)(COCS)C(COC(=O)S)C(C)(C)COC(=O)CS. The number of carbonyl (C=O) groups is 2. The van der Waals surface area contributed by atoms with Gasteiger partial charge < -0.3 is 14.2 Å². The van der Waals surface area contributed by atoms with Crippen LogP contribution in [0.2, 0.25) is 0 Å². The highest BCUT2D eigenvalue weighted by atomic mass is 32.1. The molecule has 22 heavy (non-hydrogen) atoms.